The number of non-ortho nitro benzene ring substituents is 1. The summed E-state index contributed by atoms with van der Waals surface area (Å²) < 4.78 is 24.6. The van der Waals surface area contributed by atoms with Crippen LogP contribution in [-0.4, -0.2) is 39.3 Å². The number of fused-ring (bicyclic) bond motifs is 1. The molecule has 0 unspecified atom stereocenters. The molecule has 2 heterocycles. The van der Waals surface area contributed by atoms with Crippen molar-refractivity contribution >= 4 is 26.6 Å². The van der Waals surface area contributed by atoms with E-state index < -0.39 is 14.8 Å². The van der Waals surface area contributed by atoms with Crippen LogP contribution in [0.4, 0.5) is 5.69 Å². The predicted molar refractivity (Wildman–Crippen MR) is 80.6 cm³/mol. The summed E-state index contributed by atoms with van der Waals surface area (Å²) in [6.07, 6.45) is 3.92. The molecule has 0 N–H and O–H groups in total. The van der Waals surface area contributed by atoms with E-state index in [9.17, 15) is 18.5 Å². The topological polar surface area (TPSA) is 121 Å². The van der Waals surface area contributed by atoms with Crippen LogP contribution in [-0.2, 0) is 16.4 Å². The molecule has 1 aromatic carbocycles. The molecule has 0 fully saturated rings. The Morgan fingerprint density at radius 2 is 2.09 bits per heavy atom. The maximum Gasteiger partial charge on any atom is 0.269 e. The number of aromatic nitrogens is 4. The summed E-state index contributed by atoms with van der Waals surface area (Å²) in [5.74, 6) is 0. The summed E-state index contributed by atoms with van der Waals surface area (Å²) in [6.45, 7) is 0.228. The van der Waals surface area contributed by atoms with E-state index in [4.69, 9.17) is 0 Å². The number of nitro benzene ring substituents is 1. The molecule has 0 amide bonds. The van der Waals surface area contributed by atoms with E-state index >= 15 is 0 Å². The Morgan fingerprint density at radius 3 is 2.78 bits per heavy atom. The minimum absolute atomic E-state index is 0.0228. The predicted octanol–water partition coefficient (Wildman–Crippen LogP) is 1.19. The molecule has 0 spiro atoms. The standard InChI is InChI=1S/C13H11N5O4S/c1-23(21,22)13-14-6-10-7-15-17(12(10)16-13)8-9-3-2-4-11(5-9)18(19)20/h2-7H,8H2,1H3. The molecule has 3 aromatic rings. The Hall–Kier alpha value is -2.88. The summed E-state index contributed by atoms with van der Waals surface area (Å²) in [6, 6.07) is 6.13. The van der Waals surface area contributed by atoms with Crippen molar-refractivity contribution in [1.82, 2.24) is 19.7 Å². The van der Waals surface area contributed by atoms with E-state index in [0.29, 0.717) is 16.6 Å². The lowest BCUT2D eigenvalue weighted by Gasteiger charge is -2.04. The third-order valence-corrected chi connectivity index (χ3v) is 4.00. The summed E-state index contributed by atoms with van der Waals surface area (Å²) in [5, 5.41) is 15.3. The average Bonchev–Trinajstić information content (AvgIpc) is 2.89. The monoisotopic (exact) mass is 333 g/mol. The van der Waals surface area contributed by atoms with Gasteiger partial charge in [-0.2, -0.15) is 10.1 Å². The zero-order valence-electron chi connectivity index (χ0n) is 11.9. The largest absolute Gasteiger partial charge is 0.269 e. The van der Waals surface area contributed by atoms with Gasteiger partial charge in [-0.05, 0) is 5.56 Å². The minimum Gasteiger partial charge on any atom is -0.258 e. The Bertz CT molecular complexity index is 1010. The van der Waals surface area contributed by atoms with Crippen LogP contribution >= 0.6 is 0 Å². The van der Waals surface area contributed by atoms with E-state index in [2.05, 4.69) is 15.1 Å². The molecule has 10 heteroatoms. The summed E-state index contributed by atoms with van der Waals surface area (Å²) in [4.78, 5) is 18.2. The van der Waals surface area contributed by atoms with Crippen LogP contribution in [0.15, 0.2) is 41.8 Å². The van der Waals surface area contributed by atoms with Crippen LogP contribution in [0, 0.1) is 10.1 Å². The number of hydrogen-bond donors (Lipinski definition) is 0. The van der Waals surface area contributed by atoms with Gasteiger partial charge in [0, 0.05) is 24.6 Å². The third-order valence-electron chi connectivity index (χ3n) is 3.14. The molecule has 0 saturated heterocycles. The van der Waals surface area contributed by atoms with E-state index in [1.165, 1.54) is 29.2 Å². The van der Waals surface area contributed by atoms with Crippen LogP contribution in [0.1, 0.15) is 5.56 Å². The highest BCUT2D eigenvalue weighted by Gasteiger charge is 2.15. The lowest BCUT2D eigenvalue weighted by molar-refractivity contribution is -0.384. The highest BCUT2D eigenvalue weighted by Crippen LogP contribution is 2.17. The van der Waals surface area contributed by atoms with Crippen molar-refractivity contribution in [2.45, 2.75) is 11.7 Å². The van der Waals surface area contributed by atoms with Gasteiger partial charge in [-0.25, -0.2) is 18.1 Å². The van der Waals surface area contributed by atoms with Crippen LogP contribution in [0.25, 0.3) is 11.0 Å². The second kappa shape index (κ2) is 5.39. The Kier molecular flexibility index (Phi) is 3.52. The second-order valence-corrected chi connectivity index (χ2v) is 6.84. The molecule has 23 heavy (non-hydrogen) atoms. The van der Waals surface area contributed by atoms with Gasteiger partial charge in [0.05, 0.1) is 23.1 Å². The molecule has 118 valence electrons. The Balaban J connectivity index is 2.03. The van der Waals surface area contributed by atoms with Gasteiger partial charge in [-0.1, -0.05) is 12.1 Å². The molecule has 0 aliphatic carbocycles. The fourth-order valence-corrected chi connectivity index (χ4v) is 2.58. The summed E-state index contributed by atoms with van der Waals surface area (Å²) in [5.41, 5.74) is 0.987. The van der Waals surface area contributed by atoms with Crippen molar-refractivity contribution in [2.75, 3.05) is 6.26 Å². The number of rotatable bonds is 4. The normalized spacial score (nSPS) is 11.7. The number of nitrogens with zero attached hydrogens (tertiary/aromatic N) is 5. The molecule has 0 atom stereocenters. The lowest BCUT2D eigenvalue weighted by atomic mass is 10.2. The third kappa shape index (κ3) is 3.01. The first kappa shape index (κ1) is 15.0. The molecule has 0 radical (unpaired) electrons. The van der Waals surface area contributed by atoms with Crippen molar-refractivity contribution in [2.24, 2.45) is 0 Å². The van der Waals surface area contributed by atoms with Crippen molar-refractivity contribution in [1.29, 1.82) is 0 Å². The van der Waals surface area contributed by atoms with Crippen molar-refractivity contribution < 1.29 is 13.3 Å². The van der Waals surface area contributed by atoms with Gasteiger partial charge in [0.2, 0.25) is 15.0 Å². The molecule has 0 bridgehead atoms. The van der Waals surface area contributed by atoms with Gasteiger partial charge in [0.1, 0.15) is 0 Å². The smallest absolute Gasteiger partial charge is 0.258 e. The van der Waals surface area contributed by atoms with Crippen LogP contribution in [0.2, 0.25) is 0 Å². The molecule has 3 rings (SSSR count). The van der Waals surface area contributed by atoms with Gasteiger partial charge in [0.25, 0.3) is 5.69 Å². The van der Waals surface area contributed by atoms with Gasteiger partial charge >= 0.3 is 0 Å². The Morgan fingerprint density at radius 1 is 1.30 bits per heavy atom. The molecule has 0 aliphatic heterocycles. The SMILES string of the molecule is CS(=O)(=O)c1ncc2cnn(Cc3cccc([N+](=O)[O-])c3)c2n1. The fourth-order valence-electron chi connectivity index (χ4n) is 2.09. The molecular weight excluding hydrogens is 322 g/mol. The summed E-state index contributed by atoms with van der Waals surface area (Å²) in [7, 11) is -3.53. The van der Waals surface area contributed by atoms with E-state index in [1.807, 2.05) is 0 Å². The number of sulfone groups is 1. The number of nitro groups is 1. The Labute approximate surface area is 130 Å². The second-order valence-electron chi connectivity index (χ2n) is 4.93. The number of benzene rings is 1. The first-order valence-electron chi connectivity index (χ1n) is 6.46. The minimum atomic E-state index is -3.53. The quantitative estimate of drug-likeness (QED) is 0.399. The van der Waals surface area contributed by atoms with E-state index in [-0.39, 0.29) is 17.4 Å². The summed E-state index contributed by atoms with van der Waals surface area (Å²) >= 11 is 0. The van der Waals surface area contributed by atoms with Crippen molar-refractivity contribution in [3.8, 4) is 0 Å². The van der Waals surface area contributed by atoms with Gasteiger partial charge in [-0.15, -0.1) is 0 Å². The van der Waals surface area contributed by atoms with Gasteiger partial charge < -0.3 is 0 Å². The van der Waals surface area contributed by atoms with Crippen molar-refractivity contribution in [3.63, 3.8) is 0 Å². The lowest BCUT2D eigenvalue weighted by Crippen LogP contribution is -2.07. The van der Waals surface area contributed by atoms with E-state index in [1.54, 1.807) is 12.1 Å². The maximum absolute atomic E-state index is 11.6. The highest BCUT2D eigenvalue weighted by atomic mass is 32.2. The van der Waals surface area contributed by atoms with Gasteiger partial charge in [-0.3, -0.25) is 10.1 Å². The van der Waals surface area contributed by atoms with Crippen molar-refractivity contribution in [3.05, 3.63) is 52.3 Å². The fraction of sp³-hybridized carbons (Fsp3) is 0.154. The molecule has 0 aliphatic rings. The van der Waals surface area contributed by atoms with E-state index in [0.717, 1.165) is 6.26 Å². The average molecular weight is 333 g/mol. The maximum atomic E-state index is 11.6. The highest BCUT2D eigenvalue weighted by molar-refractivity contribution is 7.90. The first-order valence-corrected chi connectivity index (χ1v) is 8.36. The van der Waals surface area contributed by atoms with Crippen LogP contribution in [0.5, 0.6) is 0 Å². The zero-order valence-corrected chi connectivity index (χ0v) is 12.8. The first-order chi connectivity index (χ1) is 10.8. The number of hydrogen-bond acceptors (Lipinski definition) is 7. The van der Waals surface area contributed by atoms with Gasteiger partial charge in [0.15, 0.2) is 5.65 Å². The molecular formula is C13H11N5O4S. The molecule has 2 aromatic heterocycles. The molecule has 9 nitrogen and oxygen atoms in total. The van der Waals surface area contributed by atoms with Crippen LogP contribution < -0.4 is 0 Å². The van der Waals surface area contributed by atoms with Crippen LogP contribution in [0.3, 0.4) is 0 Å². The molecule has 0 saturated carbocycles. The zero-order chi connectivity index (χ0) is 16.6.